The number of halogens is 1. The SMILES string of the molecule is CCOC(CCF)CC(C)O. The van der Waals surface area contributed by atoms with Crippen LogP contribution in [-0.4, -0.2) is 30.6 Å². The highest BCUT2D eigenvalue weighted by Gasteiger charge is 2.10. The lowest BCUT2D eigenvalue weighted by Gasteiger charge is -2.16. The molecule has 68 valence electrons. The number of rotatable bonds is 6. The Balaban J connectivity index is 3.50. The molecule has 0 aliphatic carbocycles. The summed E-state index contributed by atoms with van der Waals surface area (Å²) in [5, 5.41) is 8.97. The highest BCUT2D eigenvalue weighted by molar-refractivity contribution is 4.61. The van der Waals surface area contributed by atoms with Crippen molar-refractivity contribution in [1.29, 1.82) is 0 Å². The van der Waals surface area contributed by atoms with Crippen LogP contribution in [0.1, 0.15) is 26.7 Å². The fourth-order valence-corrected chi connectivity index (χ4v) is 1.01. The minimum Gasteiger partial charge on any atom is -0.393 e. The van der Waals surface area contributed by atoms with Crippen LogP contribution in [0.2, 0.25) is 0 Å². The average molecular weight is 164 g/mol. The van der Waals surface area contributed by atoms with Gasteiger partial charge in [0.25, 0.3) is 0 Å². The molecule has 2 nitrogen and oxygen atoms in total. The standard InChI is InChI=1S/C8H17FO2/c1-3-11-8(4-5-9)6-7(2)10/h7-8,10H,3-6H2,1-2H3. The van der Waals surface area contributed by atoms with Crippen LogP contribution in [0.25, 0.3) is 0 Å². The van der Waals surface area contributed by atoms with E-state index in [4.69, 9.17) is 9.84 Å². The number of aliphatic hydroxyl groups is 1. The molecule has 0 aliphatic heterocycles. The van der Waals surface area contributed by atoms with Crippen LogP contribution in [0.15, 0.2) is 0 Å². The Morgan fingerprint density at radius 1 is 1.55 bits per heavy atom. The van der Waals surface area contributed by atoms with E-state index in [1.54, 1.807) is 6.92 Å². The molecular formula is C8H17FO2. The van der Waals surface area contributed by atoms with Gasteiger partial charge in [-0.15, -0.1) is 0 Å². The highest BCUT2D eigenvalue weighted by Crippen LogP contribution is 2.07. The number of ether oxygens (including phenoxy) is 1. The third-order valence-corrected chi connectivity index (χ3v) is 1.44. The predicted octanol–water partition coefficient (Wildman–Crippen LogP) is 1.52. The van der Waals surface area contributed by atoms with E-state index in [9.17, 15) is 4.39 Å². The Morgan fingerprint density at radius 2 is 2.18 bits per heavy atom. The quantitative estimate of drug-likeness (QED) is 0.645. The molecule has 0 aliphatic rings. The lowest BCUT2D eigenvalue weighted by atomic mass is 10.1. The number of hydrogen-bond donors (Lipinski definition) is 1. The Labute approximate surface area is 67.4 Å². The van der Waals surface area contributed by atoms with Crippen molar-refractivity contribution < 1.29 is 14.2 Å². The van der Waals surface area contributed by atoms with Crippen molar-refractivity contribution in [2.45, 2.75) is 38.9 Å². The van der Waals surface area contributed by atoms with Gasteiger partial charge in [0.05, 0.1) is 18.9 Å². The van der Waals surface area contributed by atoms with Gasteiger partial charge in [-0.2, -0.15) is 0 Å². The van der Waals surface area contributed by atoms with E-state index in [1.165, 1.54) is 0 Å². The van der Waals surface area contributed by atoms with E-state index in [0.29, 0.717) is 19.4 Å². The van der Waals surface area contributed by atoms with Crippen molar-refractivity contribution in [3.8, 4) is 0 Å². The van der Waals surface area contributed by atoms with E-state index in [1.807, 2.05) is 6.92 Å². The van der Waals surface area contributed by atoms with Crippen LogP contribution < -0.4 is 0 Å². The van der Waals surface area contributed by atoms with Gasteiger partial charge in [0, 0.05) is 13.0 Å². The second-order valence-electron chi connectivity index (χ2n) is 2.64. The van der Waals surface area contributed by atoms with E-state index in [2.05, 4.69) is 0 Å². The number of aliphatic hydroxyl groups excluding tert-OH is 1. The second kappa shape index (κ2) is 6.55. The second-order valence-corrected chi connectivity index (χ2v) is 2.64. The van der Waals surface area contributed by atoms with E-state index >= 15 is 0 Å². The van der Waals surface area contributed by atoms with Crippen molar-refractivity contribution in [2.24, 2.45) is 0 Å². The third-order valence-electron chi connectivity index (χ3n) is 1.44. The van der Waals surface area contributed by atoms with Crippen molar-refractivity contribution >= 4 is 0 Å². The molecule has 0 spiro atoms. The van der Waals surface area contributed by atoms with Gasteiger partial charge >= 0.3 is 0 Å². The Morgan fingerprint density at radius 3 is 2.55 bits per heavy atom. The molecule has 0 aromatic carbocycles. The van der Waals surface area contributed by atoms with Gasteiger partial charge in [-0.3, -0.25) is 4.39 Å². The lowest BCUT2D eigenvalue weighted by molar-refractivity contribution is 0.0166. The smallest absolute Gasteiger partial charge is 0.0919 e. The summed E-state index contributed by atoms with van der Waals surface area (Å²) in [5.74, 6) is 0. The maximum Gasteiger partial charge on any atom is 0.0919 e. The molecule has 1 N–H and O–H groups in total. The van der Waals surface area contributed by atoms with E-state index in [0.717, 1.165) is 0 Å². The zero-order chi connectivity index (χ0) is 8.69. The van der Waals surface area contributed by atoms with Gasteiger partial charge in [-0.1, -0.05) is 0 Å². The first kappa shape index (κ1) is 10.8. The molecular weight excluding hydrogens is 147 g/mol. The fourth-order valence-electron chi connectivity index (χ4n) is 1.01. The molecule has 0 aromatic rings. The van der Waals surface area contributed by atoms with Crippen molar-refractivity contribution in [1.82, 2.24) is 0 Å². The molecule has 0 saturated carbocycles. The van der Waals surface area contributed by atoms with Gasteiger partial charge in [0.2, 0.25) is 0 Å². The van der Waals surface area contributed by atoms with Gasteiger partial charge in [0.1, 0.15) is 0 Å². The summed E-state index contributed by atoms with van der Waals surface area (Å²) in [5.41, 5.74) is 0. The largest absolute Gasteiger partial charge is 0.393 e. The Hall–Kier alpha value is -0.150. The minimum atomic E-state index is -0.405. The summed E-state index contributed by atoms with van der Waals surface area (Å²) in [6.07, 6.45) is 0.388. The monoisotopic (exact) mass is 164 g/mol. The maximum absolute atomic E-state index is 11.9. The van der Waals surface area contributed by atoms with Crippen molar-refractivity contribution in [3.05, 3.63) is 0 Å². The molecule has 0 bridgehead atoms. The van der Waals surface area contributed by atoms with Crippen LogP contribution in [0.3, 0.4) is 0 Å². The first-order valence-electron chi connectivity index (χ1n) is 4.06. The summed E-state index contributed by atoms with van der Waals surface area (Å²) in [6, 6.07) is 0. The van der Waals surface area contributed by atoms with Gasteiger partial charge in [0.15, 0.2) is 0 Å². The van der Waals surface area contributed by atoms with Crippen LogP contribution in [0.5, 0.6) is 0 Å². The van der Waals surface area contributed by atoms with Crippen molar-refractivity contribution in [3.63, 3.8) is 0 Å². The molecule has 2 unspecified atom stereocenters. The molecule has 0 aromatic heterocycles. The molecule has 3 heteroatoms. The number of alkyl halides is 1. The average Bonchev–Trinajstić information content (AvgIpc) is 1.87. The van der Waals surface area contributed by atoms with Crippen molar-refractivity contribution in [2.75, 3.05) is 13.3 Å². The topological polar surface area (TPSA) is 29.5 Å². The fraction of sp³-hybridized carbons (Fsp3) is 1.00. The minimum absolute atomic E-state index is 0.120. The summed E-state index contributed by atoms with van der Waals surface area (Å²) >= 11 is 0. The first-order chi connectivity index (χ1) is 5.20. The molecule has 11 heavy (non-hydrogen) atoms. The zero-order valence-corrected chi connectivity index (χ0v) is 7.22. The normalized spacial score (nSPS) is 16.4. The Kier molecular flexibility index (Phi) is 6.46. The molecule has 0 amide bonds. The Bertz CT molecular complexity index is 80.2. The first-order valence-corrected chi connectivity index (χ1v) is 4.06. The molecule has 2 atom stereocenters. The van der Waals surface area contributed by atoms with Gasteiger partial charge in [-0.05, 0) is 20.3 Å². The molecule has 0 fully saturated rings. The maximum atomic E-state index is 11.9. The van der Waals surface area contributed by atoms with Crippen LogP contribution in [0, 0.1) is 0 Å². The molecule has 0 radical (unpaired) electrons. The highest BCUT2D eigenvalue weighted by atomic mass is 19.1. The zero-order valence-electron chi connectivity index (χ0n) is 7.22. The summed E-state index contributed by atoms with van der Waals surface area (Å²) in [6.45, 7) is 3.76. The molecule has 0 saturated heterocycles. The summed E-state index contributed by atoms with van der Waals surface area (Å²) in [4.78, 5) is 0. The van der Waals surface area contributed by atoms with E-state index < -0.39 is 6.10 Å². The van der Waals surface area contributed by atoms with E-state index in [-0.39, 0.29) is 12.8 Å². The van der Waals surface area contributed by atoms with Gasteiger partial charge < -0.3 is 9.84 Å². The molecule has 0 heterocycles. The summed E-state index contributed by atoms with van der Waals surface area (Å²) < 4.78 is 17.0. The summed E-state index contributed by atoms with van der Waals surface area (Å²) in [7, 11) is 0. The predicted molar refractivity (Wildman–Crippen MR) is 42.3 cm³/mol. The third kappa shape index (κ3) is 6.26. The molecule has 0 rings (SSSR count). The lowest BCUT2D eigenvalue weighted by Crippen LogP contribution is -2.19. The van der Waals surface area contributed by atoms with Gasteiger partial charge in [-0.25, -0.2) is 0 Å². The number of hydrogen-bond acceptors (Lipinski definition) is 2. The van der Waals surface area contributed by atoms with Crippen LogP contribution in [-0.2, 0) is 4.74 Å². The van der Waals surface area contributed by atoms with Crippen LogP contribution in [0.4, 0.5) is 4.39 Å². The van der Waals surface area contributed by atoms with Crippen LogP contribution >= 0.6 is 0 Å².